The Hall–Kier alpha value is -3.06. The highest BCUT2D eigenvalue weighted by Crippen LogP contribution is 2.31. The predicted octanol–water partition coefficient (Wildman–Crippen LogP) is 4.15. The van der Waals surface area contributed by atoms with E-state index in [1.807, 2.05) is 36.7 Å². The van der Waals surface area contributed by atoms with Crippen molar-refractivity contribution in [3.63, 3.8) is 0 Å². The van der Waals surface area contributed by atoms with Gasteiger partial charge < -0.3 is 10.1 Å². The largest absolute Gasteiger partial charge is 0.375 e. The van der Waals surface area contributed by atoms with Crippen molar-refractivity contribution in [1.82, 2.24) is 25.5 Å². The smallest absolute Gasteiger partial charge is 0.0912 e. The van der Waals surface area contributed by atoms with Crippen molar-refractivity contribution in [2.45, 2.75) is 12.5 Å². The van der Waals surface area contributed by atoms with E-state index in [-0.39, 0.29) is 18.5 Å². The van der Waals surface area contributed by atoms with Gasteiger partial charge in [-0.3, -0.25) is 15.1 Å². The van der Waals surface area contributed by atoms with E-state index in [4.69, 9.17) is 4.74 Å². The maximum Gasteiger partial charge on any atom is 0.0912 e. The molecule has 1 aliphatic rings. The Balaban J connectivity index is 0.00000231. The first-order valence-corrected chi connectivity index (χ1v) is 10.2. The van der Waals surface area contributed by atoms with Crippen LogP contribution in [0.15, 0.2) is 73.2 Å². The lowest BCUT2D eigenvalue weighted by Crippen LogP contribution is -2.39. The first-order valence-electron chi connectivity index (χ1n) is 10.2. The highest BCUT2D eigenvalue weighted by molar-refractivity contribution is 5.85. The van der Waals surface area contributed by atoms with Crippen molar-refractivity contribution < 1.29 is 4.74 Å². The Bertz CT molecular complexity index is 1110. The molecule has 4 heterocycles. The zero-order chi connectivity index (χ0) is 20.2. The summed E-state index contributed by atoms with van der Waals surface area (Å²) in [5.74, 6) is 0. The van der Waals surface area contributed by atoms with Gasteiger partial charge in [0.2, 0.25) is 0 Å². The van der Waals surface area contributed by atoms with Crippen molar-refractivity contribution in [2.75, 3.05) is 19.7 Å². The number of hydrogen-bond donors (Lipinski definition) is 2. The van der Waals surface area contributed by atoms with E-state index in [1.54, 1.807) is 6.20 Å². The van der Waals surface area contributed by atoms with Gasteiger partial charge in [0.1, 0.15) is 0 Å². The molecule has 0 amide bonds. The lowest BCUT2D eigenvalue weighted by atomic mass is 10.0. The maximum atomic E-state index is 5.81. The standard InChI is InChI=1S/C24H23N5O.ClH/c1-2-9-26-22(3-1)24-21(16-28-29-24)19-8-10-27-23(14-19)18-6-4-17(5-7-18)13-20-15-25-11-12-30-20;/h1-10,14,16,20,25H,11-13,15H2,(H,28,29);1H. The molecule has 1 aromatic carbocycles. The molecule has 6 nitrogen and oxygen atoms in total. The number of nitrogens with zero attached hydrogens (tertiary/aromatic N) is 3. The van der Waals surface area contributed by atoms with Crippen LogP contribution in [0.3, 0.4) is 0 Å². The number of aromatic nitrogens is 4. The van der Waals surface area contributed by atoms with E-state index < -0.39 is 0 Å². The summed E-state index contributed by atoms with van der Waals surface area (Å²) in [6, 6.07) is 18.6. The van der Waals surface area contributed by atoms with Crippen molar-refractivity contribution >= 4 is 12.4 Å². The summed E-state index contributed by atoms with van der Waals surface area (Å²) in [5, 5.41) is 10.7. The molecule has 7 heteroatoms. The van der Waals surface area contributed by atoms with Crippen molar-refractivity contribution in [3.8, 4) is 33.8 Å². The Morgan fingerprint density at radius 1 is 0.935 bits per heavy atom. The quantitative estimate of drug-likeness (QED) is 0.494. The lowest BCUT2D eigenvalue weighted by Gasteiger charge is -2.23. The van der Waals surface area contributed by atoms with Crippen LogP contribution in [0.1, 0.15) is 5.56 Å². The van der Waals surface area contributed by atoms with Gasteiger partial charge in [0.05, 0.1) is 36.0 Å². The van der Waals surface area contributed by atoms with Crippen LogP contribution in [-0.4, -0.2) is 46.0 Å². The number of H-pyrrole nitrogens is 1. The van der Waals surface area contributed by atoms with Crippen LogP contribution in [0.2, 0.25) is 0 Å². The van der Waals surface area contributed by atoms with Gasteiger partial charge in [0, 0.05) is 36.6 Å². The first-order chi connectivity index (χ1) is 14.9. The molecular weight excluding hydrogens is 410 g/mol. The molecule has 0 aliphatic carbocycles. The van der Waals surface area contributed by atoms with Gasteiger partial charge in [-0.05, 0) is 41.8 Å². The summed E-state index contributed by atoms with van der Waals surface area (Å²) in [5.41, 5.74) is 7.14. The van der Waals surface area contributed by atoms with E-state index >= 15 is 0 Å². The van der Waals surface area contributed by atoms with Gasteiger partial charge in [-0.1, -0.05) is 30.3 Å². The molecule has 0 spiro atoms. The minimum absolute atomic E-state index is 0. The second-order valence-corrected chi connectivity index (χ2v) is 7.40. The van der Waals surface area contributed by atoms with Gasteiger partial charge in [-0.15, -0.1) is 12.4 Å². The number of benzene rings is 1. The van der Waals surface area contributed by atoms with Crippen LogP contribution in [0.25, 0.3) is 33.8 Å². The number of hydrogen-bond acceptors (Lipinski definition) is 5. The van der Waals surface area contributed by atoms with Gasteiger partial charge in [0.25, 0.3) is 0 Å². The third kappa shape index (κ3) is 4.82. The second kappa shape index (κ2) is 9.83. The van der Waals surface area contributed by atoms with Crippen molar-refractivity contribution in [1.29, 1.82) is 0 Å². The SMILES string of the molecule is Cl.c1ccc(-c2[nH]ncc2-c2ccnc(-c3ccc(CC4CNCCO4)cc3)c2)nc1. The molecular formula is C24H24ClN5O. The average Bonchev–Trinajstić information content (AvgIpc) is 3.31. The number of halogens is 1. The van der Waals surface area contributed by atoms with E-state index in [0.717, 1.165) is 59.9 Å². The summed E-state index contributed by atoms with van der Waals surface area (Å²) in [4.78, 5) is 9.03. The van der Waals surface area contributed by atoms with Crippen LogP contribution in [0, 0.1) is 0 Å². The monoisotopic (exact) mass is 433 g/mol. The number of rotatable bonds is 5. The van der Waals surface area contributed by atoms with Crippen LogP contribution in [0.4, 0.5) is 0 Å². The summed E-state index contributed by atoms with van der Waals surface area (Å²) >= 11 is 0. The van der Waals surface area contributed by atoms with Gasteiger partial charge in [-0.2, -0.15) is 5.10 Å². The number of pyridine rings is 2. The fourth-order valence-electron chi connectivity index (χ4n) is 3.79. The number of aromatic amines is 1. The molecule has 0 bridgehead atoms. The Morgan fingerprint density at radius 2 is 1.81 bits per heavy atom. The maximum absolute atomic E-state index is 5.81. The van der Waals surface area contributed by atoms with E-state index in [9.17, 15) is 0 Å². The topological polar surface area (TPSA) is 75.7 Å². The molecule has 1 unspecified atom stereocenters. The fourth-order valence-corrected chi connectivity index (χ4v) is 3.79. The summed E-state index contributed by atoms with van der Waals surface area (Å²) in [6.45, 7) is 2.64. The van der Waals surface area contributed by atoms with E-state index in [1.165, 1.54) is 5.56 Å². The minimum Gasteiger partial charge on any atom is -0.375 e. The molecule has 31 heavy (non-hydrogen) atoms. The zero-order valence-electron chi connectivity index (χ0n) is 17.0. The molecule has 1 saturated heterocycles. The summed E-state index contributed by atoms with van der Waals surface area (Å²) in [6.07, 6.45) is 6.63. The van der Waals surface area contributed by atoms with Crippen LogP contribution >= 0.6 is 12.4 Å². The van der Waals surface area contributed by atoms with Gasteiger partial charge in [-0.25, -0.2) is 0 Å². The van der Waals surface area contributed by atoms with E-state index in [2.05, 4.69) is 55.8 Å². The molecule has 4 aromatic rings. The highest BCUT2D eigenvalue weighted by atomic mass is 35.5. The highest BCUT2D eigenvalue weighted by Gasteiger charge is 2.15. The van der Waals surface area contributed by atoms with Gasteiger partial charge >= 0.3 is 0 Å². The van der Waals surface area contributed by atoms with Crippen molar-refractivity contribution in [2.24, 2.45) is 0 Å². The third-order valence-electron chi connectivity index (χ3n) is 5.35. The zero-order valence-corrected chi connectivity index (χ0v) is 17.8. The molecule has 0 saturated carbocycles. The Labute approximate surface area is 187 Å². The molecule has 0 radical (unpaired) electrons. The molecule has 1 atom stereocenters. The summed E-state index contributed by atoms with van der Waals surface area (Å²) < 4.78 is 5.81. The molecule has 158 valence electrons. The van der Waals surface area contributed by atoms with Crippen molar-refractivity contribution in [3.05, 3.63) is 78.8 Å². The molecule has 1 aliphatic heterocycles. The normalized spacial score (nSPS) is 15.9. The minimum atomic E-state index is 0. The van der Waals surface area contributed by atoms with Crippen LogP contribution in [0.5, 0.6) is 0 Å². The third-order valence-corrected chi connectivity index (χ3v) is 5.35. The number of nitrogens with one attached hydrogen (secondary N) is 2. The molecule has 3 aromatic heterocycles. The molecule has 5 rings (SSSR count). The van der Waals surface area contributed by atoms with Crippen LogP contribution in [-0.2, 0) is 11.2 Å². The van der Waals surface area contributed by atoms with Gasteiger partial charge in [0.15, 0.2) is 0 Å². The predicted molar refractivity (Wildman–Crippen MR) is 124 cm³/mol. The Kier molecular flexibility index (Phi) is 6.72. The first kappa shape index (κ1) is 21.2. The number of ether oxygens (including phenoxy) is 1. The second-order valence-electron chi connectivity index (χ2n) is 7.40. The lowest BCUT2D eigenvalue weighted by molar-refractivity contribution is 0.0292. The molecule has 1 fully saturated rings. The average molecular weight is 434 g/mol. The summed E-state index contributed by atoms with van der Waals surface area (Å²) in [7, 11) is 0. The molecule has 2 N–H and O–H groups in total. The van der Waals surface area contributed by atoms with Crippen LogP contribution < -0.4 is 5.32 Å². The fraction of sp³-hybridized carbons (Fsp3) is 0.208. The Morgan fingerprint density at radius 3 is 2.58 bits per heavy atom. The van der Waals surface area contributed by atoms with E-state index in [0.29, 0.717) is 0 Å². The number of morpholine rings is 1.